The average molecular weight is 423 g/mol. The molecule has 5 rings (SSSR count). The minimum Gasteiger partial charge on any atom is -0.383 e. The fraction of sp³-hybridized carbons (Fsp3) is 0.364. The number of halogens is 1. The number of aromatic nitrogens is 4. The van der Waals surface area contributed by atoms with Crippen LogP contribution in [0.1, 0.15) is 25.3 Å². The minimum atomic E-state index is 0.0430. The van der Waals surface area contributed by atoms with E-state index in [2.05, 4.69) is 16.5 Å². The summed E-state index contributed by atoms with van der Waals surface area (Å²) < 4.78 is 1.93. The van der Waals surface area contributed by atoms with Crippen LogP contribution in [-0.2, 0) is 4.79 Å². The standard InChI is InChI=1S/C22H23ClN6O/c1-2-13-10-17(13)22(30)28-9-3-4-16(11-28)29-21-18(20(24)25-12-26-21)19(27-29)14-5-7-15(23)8-6-14/h2,5-8,12-13,16-17H,1,3-4,9-11H2,(H2,24,25,26). The molecule has 2 aromatic heterocycles. The molecule has 1 aromatic carbocycles. The normalized spacial score (nSPS) is 23.5. The van der Waals surface area contributed by atoms with E-state index in [4.69, 9.17) is 22.4 Å². The van der Waals surface area contributed by atoms with E-state index >= 15 is 0 Å². The van der Waals surface area contributed by atoms with E-state index in [1.165, 1.54) is 6.33 Å². The lowest BCUT2D eigenvalue weighted by Gasteiger charge is -2.33. The molecule has 1 aliphatic carbocycles. The van der Waals surface area contributed by atoms with Crippen LogP contribution in [0, 0.1) is 11.8 Å². The van der Waals surface area contributed by atoms with Gasteiger partial charge in [0.1, 0.15) is 17.8 Å². The van der Waals surface area contributed by atoms with Crippen LogP contribution < -0.4 is 5.73 Å². The van der Waals surface area contributed by atoms with E-state index < -0.39 is 0 Å². The van der Waals surface area contributed by atoms with Gasteiger partial charge in [0.2, 0.25) is 5.91 Å². The van der Waals surface area contributed by atoms with Crippen molar-refractivity contribution in [3.05, 3.63) is 48.3 Å². The molecule has 3 aromatic rings. The predicted octanol–water partition coefficient (Wildman–Crippen LogP) is 3.71. The van der Waals surface area contributed by atoms with E-state index in [1.54, 1.807) is 0 Å². The van der Waals surface area contributed by atoms with E-state index in [-0.39, 0.29) is 17.9 Å². The molecule has 1 saturated heterocycles. The zero-order valence-electron chi connectivity index (χ0n) is 16.5. The second-order valence-corrected chi connectivity index (χ2v) is 8.52. The van der Waals surface area contributed by atoms with Crippen LogP contribution in [0.2, 0.25) is 5.02 Å². The number of nitrogens with two attached hydrogens (primary N) is 1. The summed E-state index contributed by atoms with van der Waals surface area (Å²) in [5.74, 6) is 1.05. The third kappa shape index (κ3) is 3.23. The number of nitrogen functional groups attached to an aromatic ring is 1. The Hall–Kier alpha value is -2.93. The number of hydrogen-bond acceptors (Lipinski definition) is 5. The number of amides is 1. The van der Waals surface area contributed by atoms with Crippen molar-refractivity contribution >= 4 is 34.4 Å². The summed E-state index contributed by atoms with van der Waals surface area (Å²) in [6.07, 6.45) is 6.13. The van der Waals surface area contributed by atoms with Crippen molar-refractivity contribution in [3.63, 3.8) is 0 Å². The molecule has 2 aliphatic rings. The summed E-state index contributed by atoms with van der Waals surface area (Å²) in [5, 5.41) is 6.29. The molecule has 154 valence electrons. The maximum atomic E-state index is 12.9. The molecule has 1 aliphatic heterocycles. The molecule has 3 atom stereocenters. The van der Waals surface area contributed by atoms with Crippen molar-refractivity contribution in [2.24, 2.45) is 11.8 Å². The van der Waals surface area contributed by atoms with E-state index in [9.17, 15) is 4.79 Å². The number of carbonyl (C=O) groups is 1. The zero-order valence-corrected chi connectivity index (χ0v) is 17.3. The lowest BCUT2D eigenvalue weighted by Crippen LogP contribution is -2.42. The maximum absolute atomic E-state index is 12.9. The first-order valence-corrected chi connectivity index (χ1v) is 10.6. The molecule has 1 amide bonds. The molecule has 0 bridgehead atoms. The monoisotopic (exact) mass is 422 g/mol. The SMILES string of the molecule is C=CC1CC1C(=O)N1CCCC(n2nc(-c3ccc(Cl)cc3)c3c(N)ncnc32)C1. The van der Waals surface area contributed by atoms with E-state index in [1.807, 2.05) is 39.9 Å². The van der Waals surface area contributed by atoms with E-state index in [0.29, 0.717) is 29.0 Å². The molecule has 1 saturated carbocycles. The van der Waals surface area contributed by atoms with E-state index in [0.717, 1.165) is 42.5 Å². The number of hydrogen-bond donors (Lipinski definition) is 1. The van der Waals surface area contributed by atoms with Gasteiger partial charge in [-0.15, -0.1) is 6.58 Å². The molecule has 30 heavy (non-hydrogen) atoms. The minimum absolute atomic E-state index is 0.0430. The number of benzene rings is 1. The molecule has 2 fully saturated rings. The van der Waals surface area contributed by atoms with Gasteiger partial charge in [0.25, 0.3) is 0 Å². The van der Waals surface area contributed by atoms with Crippen LogP contribution >= 0.6 is 11.6 Å². The maximum Gasteiger partial charge on any atom is 0.226 e. The highest BCUT2D eigenvalue weighted by molar-refractivity contribution is 6.30. The summed E-state index contributed by atoms with van der Waals surface area (Å²) in [5.41, 5.74) is 8.55. The highest BCUT2D eigenvalue weighted by atomic mass is 35.5. The van der Waals surface area contributed by atoms with Crippen molar-refractivity contribution in [2.75, 3.05) is 18.8 Å². The molecule has 7 nitrogen and oxygen atoms in total. The molecular formula is C22H23ClN6O. The largest absolute Gasteiger partial charge is 0.383 e. The fourth-order valence-electron chi connectivity index (χ4n) is 4.41. The Kier molecular flexibility index (Phi) is 4.70. The Bertz CT molecular complexity index is 1120. The number of fused-ring (bicyclic) bond motifs is 1. The first-order valence-electron chi connectivity index (χ1n) is 10.2. The number of piperidine rings is 1. The fourth-order valence-corrected chi connectivity index (χ4v) is 4.53. The summed E-state index contributed by atoms with van der Waals surface area (Å²) in [4.78, 5) is 23.5. The van der Waals surface area contributed by atoms with Crippen molar-refractivity contribution in [3.8, 4) is 11.3 Å². The van der Waals surface area contributed by atoms with Gasteiger partial charge in [-0.2, -0.15) is 5.10 Å². The first kappa shape index (κ1) is 19.1. The number of nitrogens with zero attached hydrogens (tertiary/aromatic N) is 5. The summed E-state index contributed by atoms with van der Waals surface area (Å²) in [7, 11) is 0. The summed E-state index contributed by atoms with van der Waals surface area (Å²) in [6.45, 7) is 5.24. The van der Waals surface area contributed by atoms with Gasteiger partial charge in [-0.25, -0.2) is 14.6 Å². The second kappa shape index (κ2) is 7.40. The smallest absolute Gasteiger partial charge is 0.226 e. The Balaban J connectivity index is 1.51. The Morgan fingerprint density at radius 3 is 2.80 bits per heavy atom. The van der Waals surface area contributed by atoms with Gasteiger partial charge < -0.3 is 10.6 Å². The van der Waals surface area contributed by atoms with Crippen molar-refractivity contribution in [1.29, 1.82) is 0 Å². The zero-order chi connectivity index (χ0) is 20.8. The molecule has 0 spiro atoms. The van der Waals surface area contributed by atoms with Gasteiger partial charge in [0.15, 0.2) is 5.65 Å². The van der Waals surface area contributed by atoms with Gasteiger partial charge in [-0.1, -0.05) is 29.8 Å². The molecule has 3 heterocycles. The predicted molar refractivity (Wildman–Crippen MR) is 117 cm³/mol. The third-order valence-electron chi connectivity index (χ3n) is 6.15. The number of allylic oxidation sites excluding steroid dienone is 1. The quantitative estimate of drug-likeness (QED) is 0.647. The van der Waals surface area contributed by atoms with Crippen molar-refractivity contribution in [2.45, 2.75) is 25.3 Å². The van der Waals surface area contributed by atoms with Crippen LogP contribution in [0.4, 0.5) is 5.82 Å². The van der Waals surface area contributed by atoms with Gasteiger partial charge in [-0.3, -0.25) is 4.79 Å². The number of likely N-dealkylation sites (tertiary alicyclic amines) is 1. The van der Waals surface area contributed by atoms with Crippen molar-refractivity contribution in [1.82, 2.24) is 24.6 Å². The van der Waals surface area contributed by atoms with Crippen LogP contribution in [0.25, 0.3) is 22.3 Å². The highest BCUT2D eigenvalue weighted by Gasteiger charge is 2.43. The van der Waals surface area contributed by atoms with Crippen LogP contribution in [0.5, 0.6) is 0 Å². The van der Waals surface area contributed by atoms with Crippen LogP contribution in [0.15, 0.2) is 43.2 Å². The van der Waals surface area contributed by atoms with Crippen LogP contribution in [0.3, 0.4) is 0 Å². The molecule has 8 heteroatoms. The number of anilines is 1. The highest BCUT2D eigenvalue weighted by Crippen LogP contribution is 2.42. The average Bonchev–Trinajstić information content (AvgIpc) is 3.46. The lowest BCUT2D eigenvalue weighted by molar-refractivity contribution is -0.134. The molecule has 0 radical (unpaired) electrons. The Morgan fingerprint density at radius 1 is 1.27 bits per heavy atom. The van der Waals surface area contributed by atoms with Gasteiger partial charge >= 0.3 is 0 Å². The number of carbonyl (C=O) groups excluding carboxylic acids is 1. The Labute approximate surface area is 179 Å². The van der Waals surface area contributed by atoms with Crippen molar-refractivity contribution < 1.29 is 4.79 Å². The second-order valence-electron chi connectivity index (χ2n) is 8.08. The Morgan fingerprint density at radius 2 is 2.07 bits per heavy atom. The summed E-state index contributed by atoms with van der Waals surface area (Å²) in [6, 6.07) is 7.53. The van der Waals surface area contributed by atoms with Crippen LogP contribution in [-0.4, -0.2) is 43.6 Å². The summed E-state index contributed by atoms with van der Waals surface area (Å²) >= 11 is 6.05. The lowest BCUT2D eigenvalue weighted by atomic mass is 10.0. The topological polar surface area (TPSA) is 89.9 Å². The third-order valence-corrected chi connectivity index (χ3v) is 6.40. The van der Waals surface area contributed by atoms with Gasteiger partial charge in [0.05, 0.1) is 11.4 Å². The molecule has 3 unspecified atom stereocenters. The first-order chi connectivity index (χ1) is 14.6. The molecular weight excluding hydrogens is 400 g/mol. The van der Waals surface area contributed by atoms with Gasteiger partial charge in [0, 0.05) is 29.6 Å². The number of rotatable bonds is 4. The molecule has 2 N–H and O–H groups in total. The van der Waals surface area contributed by atoms with Gasteiger partial charge in [-0.05, 0) is 37.3 Å².